The number of nitrogens with one attached hydrogen (secondary N) is 2. The summed E-state index contributed by atoms with van der Waals surface area (Å²) in [5, 5.41) is 14.8. The molecule has 8 nitrogen and oxygen atoms in total. The van der Waals surface area contributed by atoms with E-state index in [1.807, 2.05) is 0 Å². The maximum atomic E-state index is 11.2. The summed E-state index contributed by atoms with van der Waals surface area (Å²) >= 11 is 1.78. The van der Waals surface area contributed by atoms with Gasteiger partial charge in [0.05, 0.1) is 4.92 Å². The molecule has 1 aliphatic carbocycles. The highest BCUT2D eigenvalue weighted by Gasteiger charge is 2.29. The Morgan fingerprint density at radius 3 is 2.75 bits per heavy atom. The van der Waals surface area contributed by atoms with Crippen LogP contribution >= 0.6 is 11.8 Å². The molecule has 0 radical (unpaired) electrons. The predicted molar refractivity (Wildman–Crippen MR) is 79.7 cm³/mol. The highest BCUT2D eigenvalue weighted by Crippen LogP contribution is 2.33. The Balaban J connectivity index is 2.26. The SMILES string of the molecule is CSC1CCCCC1Nc1ncnc(NN)c1[N+](=O)[O-]. The average Bonchev–Trinajstić information content (AvgIpc) is 2.47. The minimum atomic E-state index is -0.519. The lowest BCUT2D eigenvalue weighted by Gasteiger charge is -2.31. The topological polar surface area (TPSA) is 119 Å². The van der Waals surface area contributed by atoms with Crippen molar-refractivity contribution in [1.82, 2.24) is 9.97 Å². The van der Waals surface area contributed by atoms with E-state index >= 15 is 0 Å². The number of nitrogen functional groups attached to an aromatic ring is 1. The van der Waals surface area contributed by atoms with Gasteiger partial charge in [0.25, 0.3) is 0 Å². The zero-order valence-electron chi connectivity index (χ0n) is 11.2. The summed E-state index contributed by atoms with van der Waals surface area (Å²) in [5.74, 6) is 5.51. The van der Waals surface area contributed by atoms with E-state index in [0.29, 0.717) is 5.25 Å². The van der Waals surface area contributed by atoms with Gasteiger partial charge in [-0.25, -0.2) is 15.8 Å². The molecule has 1 aliphatic rings. The van der Waals surface area contributed by atoms with Crippen molar-refractivity contribution in [2.45, 2.75) is 37.0 Å². The molecule has 1 aromatic heterocycles. The normalized spacial score (nSPS) is 22.3. The number of anilines is 2. The van der Waals surface area contributed by atoms with Crippen molar-refractivity contribution < 1.29 is 4.92 Å². The average molecular weight is 298 g/mol. The molecule has 0 bridgehead atoms. The Morgan fingerprint density at radius 1 is 1.40 bits per heavy atom. The standard InChI is InChI=1S/C11H18N6O2S/c1-20-8-5-3-2-4-7(8)15-10-9(17(18)19)11(16-12)14-6-13-10/h6-8H,2-5,12H2,1H3,(H2,13,14,15,16). The summed E-state index contributed by atoms with van der Waals surface area (Å²) in [6, 6.07) is 0.179. The number of nitro groups is 1. The van der Waals surface area contributed by atoms with Crippen LogP contribution in [-0.4, -0.2) is 32.4 Å². The number of nitrogens with two attached hydrogens (primary N) is 1. The molecule has 1 aromatic rings. The minimum absolute atomic E-state index is 0.0176. The van der Waals surface area contributed by atoms with E-state index < -0.39 is 4.92 Å². The first-order valence-corrected chi connectivity index (χ1v) is 7.71. The fourth-order valence-electron chi connectivity index (χ4n) is 2.48. The number of hydrogen-bond donors (Lipinski definition) is 3. The van der Waals surface area contributed by atoms with Crippen LogP contribution < -0.4 is 16.6 Å². The molecule has 0 aliphatic heterocycles. The molecule has 4 N–H and O–H groups in total. The van der Waals surface area contributed by atoms with Crippen LogP contribution in [0, 0.1) is 10.1 Å². The molecular formula is C11H18N6O2S. The molecule has 2 atom stereocenters. The molecule has 1 heterocycles. The summed E-state index contributed by atoms with van der Waals surface area (Å²) in [6.07, 6.45) is 7.74. The summed E-state index contributed by atoms with van der Waals surface area (Å²) in [4.78, 5) is 18.4. The quantitative estimate of drug-likeness (QED) is 0.427. The van der Waals surface area contributed by atoms with Crippen molar-refractivity contribution in [1.29, 1.82) is 0 Å². The van der Waals surface area contributed by atoms with Gasteiger partial charge in [0.15, 0.2) is 0 Å². The number of hydrazine groups is 1. The molecule has 0 saturated heterocycles. The highest BCUT2D eigenvalue weighted by molar-refractivity contribution is 7.99. The molecule has 0 spiro atoms. The van der Waals surface area contributed by atoms with Crippen molar-refractivity contribution in [3.8, 4) is 0 Å². The van der Waals surface area contributed by atoms with Crippen LogP contribution in [-0.2, 0) is 0 Å². The molecule has 2 rings (SSSR count). The maximum absolute atomic E-state index is 11.2. The molecule has 2 unspecified atom stereocenters. The van der Waals surface area contributed by atoms with E-state index in [2.05, 4.69) is 27.0 Å². The largest absolute Gasteiger partial charge is 0.360 e. The number of hydrogen-bond acceptors (Lipinski definition) is 8. The Labute approximate surface area is 121 Å². The predicted octanol–water partition coefficient (Wildman–Crippen LogP) is 1.76. The second kappa shape index (κ2) is 6.71. The molecule has 110 valence electrons. The van der Waals surface area contributed by atoms with Gasteiger partial charge in [-0.05, 0) is 19.1 Å². The van der Waals surface area contributed by atoms with E-state index in [1.54, 1.807) is 11.8 Å². The smallest absolute Gasteiger partial charge is 0.354 e. The van der Waals surface area contributed by atoms with Crippen LogP contribution in [0.25, 0.3) is 0 Å². The van der Waals surface area contributed by atoms with E-state index in [-0.39, 0.29) is 23.4 Å². The molecule has 9 heteroatoms. The number of aromatic nitrogens is 2. The van der Waals surface area contributed by atoms with Gasteiger partial charge in [-0.1, -0.05) is 12.8 Å². The molecule has 1 saturated carbocycles. The first kappa shape index (κ1) is 14.8. The molecule has 0 amide bonds. The summed E-state index contributed by atoms with van der Waals surface area (Å²) in [6.45, 7) is 0. The third kappa shape index (κ3) is 3.10. The van der Waals surface area contributed by atoms with Crippen molar-refractivity contribution >= 4 is 29.1 Å². The van der Waals surface area contributed by atoms with Gasteiger partial charge < -0.3 is 10.7 Å². The van der Waals surface area contributed by atoms with Crippen LogP contribution in [0.5, 0.6) is 0 Å². The van der Waals surface area contributed by atoms with E-state index in [0.717, 1.165) is 19.3 Å². The lowest BCUT2D eigenvalue weighted by atomic mass is 9.95. The zero-order chi connectivity index (χ0) is 14.5. The van der Waals surface area contributed by atoms with E-state index in [9.17, 15) is 10.1 Å². The summed E-state index contributed by atoms with van der Waals surface area (Å²) in [7, 11) is 0. The van der Waals surface area contributed by atoms with Crippen molar-refractivity contribution in [3.63, 3.8) is 0 Å². The van der Waals surface area contributed by atoms with E-state index in [4.69, 9.17) is 5.84 Å². The van der Waals surface area contributed by atoms with Gasteiger partial charge in [-0.3, -0.25) is 10.1 Å². The minimum Gasteiger partial charge on any atom is -0.360 e. The van der Waals surface area contributed by atoms with Crippen LogP contribution in [0.2, 0.25) is 0 Å². The van der Waals surface area contributed by atoms with Gasteiger partial charge in [-0.2, -0.15) is 11.8 Å². The first-order valence-electron chi connectivity index (χ1n) is 6.42. The Morgan fingerprint density at radius 2 is 2.10 bits per heavy atom. The summed E-state index contributed by atoms with van der Waals surface area (Å²) in [5.41, 5.74) is 2.03. The number of rotatable bonds is 5. The number of thioether (sulfide) groups is 1. The first-order chi connectivity index (χ1) is 9.67. The lowest BCUT2D eigenvalue weighted by Crippen LogP contribution is -2.35. The Kier molecular flexibility index (Phi) is 4.96. The maximum Gasteiger partial charge on any atom is 0.354 e. The van der Waals surface area contributed by atoms with Crippen molar-refractivity contribution in [3.05, 3.63) is 16.4 Å². The fourth-order valence-corrected chi connectivity index (χ4v) is 3.42. The monoisotopic (exact) mass is 298 g/mol. The van der Waals surface area contributed by atoms with Crippen molar-refractivity contribution in [2.24, 2.45) is 5.84 Å². The molecule has 20 heavy (non-hydrogen) atoms. The third-order valence-corrected chi connectivity index (χ3v) is 4.64. The second-order valence-corrected chi connectivity index (χ2v) is 5.71. The zero-order valence-corrected chi connectivity index (χ0v) is 12.0. The lowest BCUT2D eigenvalue weighted by molar-refractivity contribution is -0.383. The van der Waals surface area contributed by atoms with Crippen molar-refractivity contribution in [2.75, 3.05) is 17.0 Å². The third-order valence-electron chi connectivity index (χ3n) is 3.47. The van der Waals surface area contributed by atoms with Gasteiger partial charge in [0.1, 0.15) is 6.33 Å². The molecular weight excluding hydrogens is 280 g/mol. The van der Waals surface area contributed by atoms with Crippen LogP contribution in [0.4, 0.5) is 17.3 Å². The van der Waals surface area contributed by atoms with Crippen LogP contribution in [0.3, 0.4) is 0 Å². The summed E-state index contributed by atoms with van der Waals surface area (Å²) < 4.78 is 0. The Hall–Kier alpha value is -1.61. The highest BCUT2D eigenvalue weighted by atomic mass is 32.2. The van der Waals surface area contributed by atoms with Crippen LogP contribution in [0.15, 0.2) is 6.33 Å². The second-order valence-electron chi connectivity index (χ2n) is 4.63. The number of nitrogens with zero attached hydrogens (tertiary/aromatic N) is 3. The molecule has 1 fully saturated rings. The van der Waals surface area contributed by atoms with Gasteiger partial charge in [0.2, 0.25) is 11.6 Å². The Bertz CT molecular complexity index is 486. The molecule has 0 aromatic carbocycles. The van der Waals surface area contributed by atoms with E-state index in [1.165, 1.54) is 12.7 Å². The van der Waals surface area contributed by atoms with Crippen LogP contribution in [0.1, 0.15) is 25.7 Å². The van der Waals surface area contributed by atoms with Gasteiger partial charge >= 0.3 is 5.69 Å². The van der Waals surface area contributed by atoms with Gasteiger partial charge in [-0.15, -0.1) is 0 Å². The van der Waals surface area contributed by atoms with Gasteiger partial charge in [0, 0.05) is 11.3 Å². The fraction of sp³-hybridized carbons (Fsp3) is 0.636.